The summed E-state index contributed by atoms with van der Waals surface area (Å²) >= 11 is 0. The van der Waals surface area contributed by atoms with E-state index in [0.29, 0.717) is 42.4 Å². The van der Waals surface area contributed by atoms with Crippen LogP contribution in [0.3, 0.4) is 0 Å². The van der Waals surface area contributed by atoms with Gasteiger partial charge in [-0.1, -0.05) is 0 Å². The lowest BCUT2D eigenvalue weighted by Gasteiger charge is -2.34. The van der Waals surface area contributed by atoms with E-state index in [9.17, 15) is 9.59 Å². The van der Waals surface area contributed by atoms with Gasteiger partial charge < -0.3 is 19.1 Å². The molecule has 0 unspecified atom stereocenters. The van der Waals surface area contributed by atoms with E-state index in [-0.39, 0.29) is 11.8 Å². The Bertz CT molecular complexity index is 717. The minimum absolute atomic E-state index is 0.137. The van der Waals surface area contributed by atoms with Crippen LogP contribution in [0.15, 0.2) is 33.3 Å². The minimum atomic E-state index is -0.448. The fourth-order valence-corrected chi connectivity index (χ4v) is 3.15. The number of rotatable bonds is 4. The van der Waals surface area contributed by atoms with Crippen LogP contribution in [0, 0.1) is 13.8 Å². The fourth-order valence-electron chi connectivity index (χ4n) is 3.15. The van der Waals surface area contributed by atoms with E-state index in [1.807, 2.05) is 13.0 Å². The average Bonchev–Trinajstić information content (AvgIpc) is 3.21. The van der Waals surface area contributed by atoms with Crippen LogP contribution in [0.5, 0.6) is 0 Å². The van der Waals surface area contributed by atoms with E-state index in [2.05, 4.69) is 5.32 Å². The van der Waals surface area contributed by atoms with Crippen LogP contribution >= 0.6 is 0 Å². The summed E-state index contributed by atoms with van der Waals surface area (Å²) < 4.78 is 10.7. The van der Waals surface area contributed by atoms with E-state index in [0.717, 1.165) is 12.8 Å². The van der Waals surface area contributed by atoms with E-state index < -0.39 is 6.04 Å². The number of nitrogens with zero attached hydrogens (tertiary/aromatic N) is 1. The van der Waals surface area contributed by atoms with Crippen LogP contribution < -0.4 is 5.32 Å². The standard InChI is InChI=1S/C18H22N2O4/c1-12-10-15(13(2)24-12)18(22)20-8-4-3-7-16(20)17(21)19-11-14-6-5-9-23-14/h5-6,9-10,16H,3-4,7-8,11H2,1-2H3,(H,19,21)/t16-/m0/s1. The second-order valence-corrected chi connectivity index (χ2v) is 6.13. The third-order valence-corrected chi connectivity index (χ3v) is 4.35. The molecule has 0 radical (unpaired) electrons. The van der Waals surface area contributed by atoms with Crippen molar-refractivity contribution in [3.05, 3.63) is 47.3 Å². The summed E-state index contributed by atoms with van der Waals surface area (Å²) in [7, 11) is 0. The van der Waals surface area contributed by atoms with Crippen molar-refractivity contribution in [3.8, 4) is 0 Å². The van der Waals surface area contributed by atoms with Crippen LogP contribution in [0.25, 0.3) is 0 Å². The molecule has 0 aliphatic carbocycles. The van der Waals surface area contributed by atoms with Gasteiger partial charge in [0.05, 0.1) is 18.4 Å². The molecular formula is C18H22N2O4. The molecule has 1 fully saturated rings. The van der Waals surface area contributed by atoms with Crippen molar-refractivity contribution in [2.24, 2.45) is 0 Å². The molecule has 2 aromatic rings. The van der Waals surface area contributed by atoms with E-state index >= 15 is 0 Å². The van der Waals surface area contributed by atoms with Crippen molar-refractivity contribution < 1.29 is 18.4 Å². The highest BCUT2D eigenvalue weighted by Crippen LogP contribution is 2.23. The number of hydrogen-bond donors (Lipinski definition) is 1. The van der Waals surface area contributed by atoms with Crippen LogP contribution in [0.2, 0.25) is 0 Å². The highest BCUT2D eigenvalue weighted by atomic mass is 16.3. The molecule has 1 aliphatic heterocycles. The Kier molecular flexibility index (Phi) is 4.74. The van der Waals surface area contributed by atoms with Gasteiger partial charge in [0.25, 0.3) is 5.91 Å². The normalized spacial score (nSPS) is 17.8. The predicted molar refractivity (Wildman–Crippen MR) is 87.4 cm³/mol. The molecule has 1 N–H and O–H groups in total. The maximum absolute atomic E-state index is 12.8. The van der Waals surface area contributed by atoms with Gasteiger partial charge >= 0.3 is 0 Å². The molecule has 0 aromatic carbocycles. The monoisotopic (exact) mass is 330 g/mol. The number of nitrogens with one attached hydrogen (secondary N) is 1. The Labute approximate surface area is 140 Å². The molecule has 0 bridgehead atoms. The topological polar surface area (TPSA) is 75.7 Å². The number of amides is 2. The Morgan fingerprint density at radius 3 is 2.83 bits per heavy atom. The first-order valence-corrected chi connectivity index (χ1v) is 8.24. The highest BCUT2D eigenvalue weighted by Gasteiger charge is 2.33. The Hall–Kier alpha value is -2.50. The van der Waals surface area contributed by atoms with Crippen LogP contribution in [-0.2, 0) is 11.3 Å². The van der Waals surface area contributed by atoms with Gasteiger partial charge in [0.1, 0.15) is 23.3 Å². The van der Waals surface area contributed by atoms with Crippen LogP contribution in [-0.4, -0.2) is 29.3 Å². The van der Waals surface area contributed by atoms with Crippen LogP contribution in [0.1, 0.15) is 46.9 Å². The molecule has 128 valence electrons. The molecule has 2 amide bonds. The first-order valence-electron chi connectivity index (χ1n) is 8.24. The van der Waals surface area contributed by atoms with Crippen molar-refractivity contribution in [2.45, 2.75) is 45.7 Å². The number of carbonyl (C=O) groups is 2. The van der Waals surface area contributed by atoms with Crippen molar-refractivity contribution in [3.63, 3.8) is 0 Å². The second kappa shape index (κ2) is 6.95. The van der Waals surface area contributed by atoms with Crippen molar-refractivity contribution in [1.82, 2.24) is 10.2 Å². The summed E-state index contributed by atoms with van der Waals surface area (Å²) in [4.78, 5) is 27.1. The summed E-state index contributed by atoms with van der Waals surface area (Å²) in [5.41, 5.74) is 0.540. The SMILES string of the molecule is Cc1cc(C(=O)N2CCCC[C@H]2C(=O)NCc2ccco2)c(C)o1. The van der Waals surface area contributed by atoms with Gasteiger partial charge in [0.15, 0.2) is 0 Å². The van der Waals surface area contributed by atoms with E-state index in [1.165, 1.54) is 0 Å². The van der Waals surface area contributed by atoms with Crippen LogP contribution in [0.4, 0.5) is 0 Å². The summed E-state index contributed by atoms with van der Waals surface area (Å²) in [6, 6.07) is 4.88. The number of likely N-dealkylation sites (tertiary alicyclic amines) is 1. The largest absolute Gasteiger partial charge is 0.467 e. The molecule has 6 heteroatoms. The number of piperidine rings is 1. The predicted octanol–water partition coefficient (Wildman–Crippen LogP) is 2.80. The first-order chi connectivity index (χ1) is 11.6. The Morgan fingerprint density at radius 1 is 1.33 bits per heavy atom. The third-order valence-electron chi connectivity index (χ3n) is 4.35. The number of carbonyl (C=O) groups excluding carboxylic acids is 2. The zero-order valence-electron chi connectivity index (χ0n) is 14.0. The van der Waals surface area contributed by atoms with Gasteiger partial charge in [-0.15, -0.1) is 0 Å². The molecule has 1 atom stereocenters. The van der Waals surface area contributed by atoms with Crippen molar-refractivity contribution in [2.75, 3.05) is 6.54 Å². The quantitative estimate of drug-likeness (QED) is 0.935. The molecule has 1 saturated heterocycles. The third kappa shape index (κ3) is 3.37. The Morgan fingerprint density at radius 2 is 2.17 bits per heavy atom. The maximum atomic E-state index is 12.8. The maximum Gasteiger partial charge on any atom is 0.258 e. The molecule has 3 rings (SSSR count). The highest BCUT2D eigenvalue weighted by molar-refractivity contribution is 5.98. The zero-order valence-corrected chi connectivity index (χ0v) is 14.0. The molecule has 6 nitrogen and oxygen atoms in total. The smallest absolute Gasteiger partial charge is 0.258 e. The molecule has 1 aliphatic rings. The minimum Gasteiger partial charge on any atom is -0.467 e. The average molecular weight is 330 g/mol. The molecule has 2 aromatic heterocycles. The van der Waals surface area contributed by atoms with Gasteiger partial charge in [-0.3, -0.25) is 9.59 Å². The molecule has 3 heterocycles. The number of furan rings is 2. The summed E-state index contributed by atoms with van der Waals surface area (Å²) in [6.07, 6.45) is 4.09. The van der Waals surface area contributed by atoms with Gasteiger partial charge in [-0.25, -0.2) is 0 Å². The Balaban J connectivity index is 1.71. The summed E-state index contributed by atoms with van der Waals surface area (Å²) in [6.45, 7) is 4.50. The van der Waals surface area contributed by atoms with Gasteiger partial charge in [0, 0.05) is 6.54 Å². The van der Waals surface area contributed by atoms with Crippen molar-refractivity contribution >= 4 is 11.8 Å². The fraction of sp³-hybridized carbons (Fsp3) is 0.444. The second-order valence-electron chi connectivity index (χ2n) is 6.13. The zero-order chi connectivity index (χ0) is 17.1. The molecule has 0 spiro atoms. The summed E-state index contributed by atoms with van der Waals surface area (Å²) in [5, 5.41) is 2.86. The summed E-state index contributed by atoms with van der Waals surface area (Å²) in [5.74, 6) is 1.71. The van der Waals surface area contributed by atoms with E-state index in [1.54, 1.807) is 30.2 Å². The number of hydrogen-bond acceptors (Lipinski definition) is 4. The van der Waals surface area contributed by atoms with Gasteiger partial charge in [0.2, 0.25) is 5.91 Å². The molecule has 24 heavy (non-hydrogen) atoms. The van der Waals surface area contributed by atoms with E-state index in [4.69, 9.17) is 8.83 Å². The molecule has 0 saturated carbocycles. The van der Waals surface area contributed by atoms with Crippen molar-refractivity contribution in [1.29, 1.82) is 0 Å². The molecular weight excluding hydrogens is 308 g/mol. The lowest BCUT2D eigenvalue weighted by molar-refractivity contribution is -0.126. The number of aryl methyl sites for hydroxylation is 2. The lowest BCUT2D eigenvalue weighted by atomic mass is 10.00. The lowest BCUT2D eigenvalue weighted by Crippen LogP contribution is -2.51. The van der Waals surface area contributed by atoms with Gasteiger partial charge in [-0.05, 0) is 51.3 Å². The first kappa shape index (κ1) is 16.4. The van der Waals surface area contributed by atoms with Gasteiger partial charge in [-0.2, -0.15) is 0 Å².